The zero-order chi connectivity index (χ0) is 12.8. The minimum absolute atomic E-state index is 0.137. The van der Waals surface area contributed by atoms with E-state index in [4.69, 9.17) is 5.11 Å². The maximum atomic E-state index is 8.66. The van der Waals surface area contributed by atoms with Crippen molar-refractivity contribution in [3.05, 3.63) is 35.4 Å². The standard InChI is InChI=1S/C16H21NO/c1-2-17(16-10-11-16)13-15-8-6-14(7-9-15)5-3-4-12-18/h6-9,16,18H,2,4,10-13H2,1H3. The molecular weight excluding hydrogens is 222 g/mol. The average Bonchev–Trinajstić information content (AvgIpc) is 3.22. The Labute approximate surface area is 110 Å². The van der Waals surface area contributed by atoms with E-state index in [-0.39, 0.29) is 6.61 Å². The molecule has 0 amide bonds. The van der Waals surface area contributed by atoms with Gasteiger partial charge in [-0.2, -0.15) is 0 Å². The van der Waals surface area contributed by atoms with Crippen molar-refractivity contribution in [1.82, 2.24) is 4.90 Å². The lowest BCUT2D eigenvalue weighted by atomic mass is 10.1. The quantitative estimate of drug-likeness (QED) is 0.803. The van der Waals surface area contributed by atoms with Crippen LogP contribution in [-0.2, 0) is 6.54 Å². The number of rotatable bonds is 5. The molecule has 0 radical (unpaired) electrons. The molecule has 1 aliphatic rings. The lowest BCUT2D eigenvalue weighted by Crippen LogP contribution is -2.24. The molecule has 0 heterocycles. The summed E-state index contributed by atoms with van der Waals surface area (Å²) in [4.78, 5) is 2.53. The van der Waals surface area contributed by atoms with Gasteiger partial charge in [-0.25, -0.2) is 0 Å². The summed E-state index contributed by atoms with van der Waals surface area (Å²) >= 11 is 0. The first kappa shape index (κ1) is 13.1. The second-order valence-corrected chi connectivity index (χ2v) is 4.77. The Morgan fingerprint density at radius 1 is 1.28 bits per heavy atom. The van der Waals surface area contributed by atoms with Crippen molar-refractivity contribution in [2.45, 2.75) is 38.8 Å². The monoisotopic (exact) mass is 243 g/mol. The van der Waals surface area contributed by atoms with E-state index >= 15 is 0 Å². The summed E-state index contributed by atoms with van der Waals surface area (Å²) in [6, 6.07) is 9.28. The highest BCUT2D eigenvalue weighted by atomic mass is 16.2. The lowest BCUT2D eigenvalue weighted by molar-refractivity contribution is 0.269. The fourth-order valence-electron chi connectivity index (χ4n) is 2.09. The molecule has 1 aliphatic carbocycles. The van der Waals surface area contributed by atoms with Gasteiger partial charge in [-0.1, -0.05) is 30.9 Å². The molecule has 0 spiro atoms. The number of benzene rings is 1. The van der Waals surface area contributed by atoms with Crippen LogP contribution in [-0.4, -0.2) is 29.2 Å². The minimum atomic E-state index is 0.137. The van der Waals surface area contributed by atoms with E-state index in [0.29, 0.717) is 6.42 Å². The second-order valence-electron chi connectivity index (χ2n) is 4.77. The Kier molecular flexibility index (Phi) is 4.81. The molecule has 1 N–H and O–H groups in total. The first-order chi connectivity index (χ1) is 8.83. The Hall–Kier alpha value is -1.30. The third-order valence-electron chi connectivity index (χ3n) is 3.28. The highest BCUT2D eigenvalue weighted by molar-refractivity contribution is 5.36. The fourth-order valence-corrected chi connectivity index (χ4v) is 2.09. The summed E-state index contributed by atoms with van der Waals surface area (Å²) < 4.78 is 0. The van der Waals surface area contributed by atoms with E-state index in [1.54, 1.807) is 0 Å². The van der Waals surface area contributed by atoms with Gasteiger partial charge in [0.25, 0.3) is 0 Å². The Balaban J connectivity index is 1.92. The van der Waals surface area contributed by atoms with Gasteiger partial charge < -0.3 is 5.11 Å². The van der Waals surface area contributed by atoms with Gasteiger partial charge in [-0.15, -0.1) is 0 Å². The van der Waals surface area contributed by atoms with Gasteiger partial charge in [0.1, 0.15) is 0 Å². The highest BCUT2D eigenvalue weighted by Gasteiger charge is 2.27. The third-order valence-corrected chi connectivity index (χ3v) is 3.28. The normalized spacial score (nSPS) is 14.4. The van der Waals surface area contributed by atoms with Crippen LogP contribution < -0.4 is 0 Å². The minimum Gasteiger partial charge on any atom is -0.395 e. The van der Waals surface area contributed by atoms with Crippen LogP contribution in [0.2, 0.25) is 0 Å². The van der Waals surface area contributed by atoms with Gasteiger partial charge in [-0.05, 0) is 37.1 Å². The van der Waals surface area contributed by atoms with Gasteiger partial charge >= 0.3 is 0 Å². The number of aliphatic hydroxyl groups excluding tert-OH is 1. The molecule has 0 saturated heterocycles. The largest absolute Gasteiger partial charge is 0.395 e. The molecule has 2 nitrogen and oxygen atoms in total. The first-order valence-corrected chi connectivity index (χ1v) is 6.76. The first-order valence-electron chi connectivity index (χ1n) is 6.76. The van der Waals surface area contributed by atoms with Crippen LogP contribution in [0.15, 0.2) is 24.3 Å². The molecule has 1 aromatic carbocycles. The zero-order valence-electron chi connectivity index (χ0n) is 11.0. The van der Waals surface area contributed by atoms with Gasteiger partial charge in [0.05, 0.1) is 6.61 Å². The van der Waals surface area contributed by atoms with Crippen LogP contribution >= 0.6 is 0 Å². The molecule has 18 heavy (non-hydrogen) atoms. The number of aliphatic hydroxyl groups is 1. The molecular formula is C16H21NO. The Morgan fingerprint density at radius 2 is 2.00 bits per heavy atom. The molecule has 0 aliphatic heterocycles. The predicted molar refractivity (Wildman–Crippen MR) is 74.1 cm³/mol. The van der Waals surface area contributed by atoms with Crippen molar-refractivity contribution >= 4 is 0 Å². The molecule has 0 unspecified atom stereocenters. The smallest absolute Gasteiger partial charge is 0.0540 e. The molecule has 2 heteroatoms. The summed E-state index contributed by atoms with van der Waals surface area (Å²) in [5.41, 5.74) is 2.39. The van der Waals surface area contributed by atoms with E-state index in [9.17, 15) is 0 Å². The molecule has 1 aromatic rings. The van der Waals surface area contributed by atoms with Crippen LogP contribution in [0.3, 0.4) is 0 Å². The van der Waals surface area contributed by atoms with Gasteiger partial charge in [0.15, 0.2) is 0 Å². The van der Waals surface area contributed by atoms with E-state index in [0.717, 1.165) is 24.7 Å². The van der Waals surface area contributed by atoms with Crippen LogP contribution in [0.1, 0.15) is 37.3 Å². The van der Waals surface area contributed by atoms with E-state index < -0.39 is 0 Å². The van der Waals surface area contributed by atoms with E-state index in [1.165, 1.54) is 18.4 Å². The topological polar surface area (TPSA) is 23.5 Å². The van der Waals surface area contributed by atoms with Crippen LogP contribution in [0.4, 0.5) is 0 Å². The lowest BCUT2D eigenvalue weighted by Gasteiger charge is -2.19. The number of hydrogen-bond acceptors (Lipinski definition) is 2. The average molecular weight is 243 g/mol. The van der Waals surface area contributed by atoms with Crippen molar-refractivity contribution in [3.63, 3.8) is 0 Å². The summed E-state index contributed by atoms with van der Waals surface area (Å²) in [5.74, 6) is 5.99. The van der Waals surface area contributed by atoms with Crippen molar-refractivity contribution in [2.24, 2.45) is 0 Å². The zero-order valence-corrected chi connectivity index (χ0v) is 11.0. The SMILES string of the molecule is CCN(Cc1ccc(C#CCCO)cc1)C1CC1. The molecule has 1 fully saturated rings. The Bertz CT molecular complexity index is 423. The van der Waals surface area contributed by atoms with Gasteiger partial charge in [0.2, 0.25) is 0 Å². The van der Waals surface area contributed by atoms with Crippen LogP contribution in [0.5, 0.6) is 0 Å². The summed E-state index contributed by atoms with van der Waals surface area (Å²) in [7, 11) is 0. The van der Waals surface area contributed by atoms with E-state index in [2.05, 4.69) is 47.9 Å². The summed E-state index contributed by atoms with van der Waals surface area (Å²) in [5, 5.41) is 8.66. The van der Waals surface area contributed by atoms with Crippen molar-refractivity contribution in [2.75, 3.05) is 13.2 Å². The molecule has 0 atom stereocenters. The summed E-state index contributed by atoms with van der Waals surface area (Å²) in [6.07, 6.45) is 3.27. The van der Waals surface area contributed by atoms with Crippen molar-refractivity contribution in [1.29, 1.82) is 0 Å². The maximum Gasteiger partial charge on any atom is 0.0540 e. The fraction of sp³-hybridized carbons (Fsp3) is 0.500. The summed E-state index contributed by atoms with van der Waals surface area (Å²) in [6.45, 7) is 4.54. The van der Waals surface area contributed by atoms with Gasteiger partial charge in [-0.3, -0.25) is 4.90 Å². The van der Waals surface area contributed by atoms with Crippen LogP contribution in [0.25, 0.3) is 0 Å². The molecule has 1 saturated carbocycles. The van der Waals surface area contributed by atoms with Crippen molar-refractivity contribution in [3.8, 4) is 11.8 Å². The number of hydrogen-bond donors (Lipinski definition) is 1. The van der Waals surface area contributed by atoms with Gasteiger partial charge in [0, 0.05) is 24.6 Å². The third kappa shape index (κ3) is 3.87. The van der Waals surface area contributed by atoms with E-state index in [1.807, 2.05) is 0 Å². The highest BCUT2D eigenvalue weighted by Crippen LogP contribution is 2.27. The second kappa shape index (κ2) is 6.58. The van der Waals surface area contributed by atoms with Crippen LogP contribution in [0, 0.1) is 11.8 Å². The Morgan fingerprint density at radius 3 is 2.56 bits per heavy atom. The van der Waals surface area contributed by atoms with Crippen molar-refractivity contribution < 1.29 is 5.11 Å². The molecule has 96 valence electrons. The maximum absolute atomic E-state index is 8.66. The predicted octanol–water partition coefficient (Wildman–Crippen LogP) is 2.40. The molecule has 0 aromatic heterocycles. The molecule has 0 bridgehead atoms. The number of nitrogens with zero attached hydrogens (tertiary/aromatic N) is 1. The molecule has 2 rings (SSSR count).